The number of rotatable bonds is 3. The van der Waals surface area contributed by atoms with Crippen molar-refractivity contribution in [1.82, 2.24) is 4.90 Å². The minimum atomic E-state index is -4.50. The van der Waals surface area contributed by atoms with Gasteiger partial charge in [0.05, 0.1) is 43.3 Å². The Kier molecular flexibility index (Phi) is 7.77. The Hall–Kier alpha value is -2.89. The predicted molar refractivity (Wildman–Crippen MR) is 119 cm³/mol. The molecule has 1 aliphatic carbocycles. The summed E-state index contributed by atoms with van der Waals surface area (Å²) in [4.78, 5) is 7.37. The summed E-state index contributed by atoms with van der Waals surface area (Å²) in [5.74, 6) is 1.53. The summed E-state index contributed by atoms with van der Waals surface area (Å²) in [5.41, 5.74) is 11.6. The van der Waals surface area contributed by atoms with Crippen LogP contribution in [0.25, 0.3) is 0 Å². The number of nitrogens with one attached hydrogen (secondary N) is 1. The SMILES string of the molecule is COc1ccc2c(c1)OCC(N1CCOC(C)C1)C2N=C1C=CC=C(N)C1=N.NC(F)(F)F. The van der Waals surface area contributed by atoms with Gasteiger partial charge in [0.25, 0.3) is 0 Å². The van der Waals surface area contributed by atoms with Gasteiger partial charge in [0, 0.05) is 24.7 Å². The van der Waals surface area contributed by atoms with Crippen LogP contribution < -0.4 is 20.9 Å². The number of methoxy groups -OCH3 is 1. The van der Waals surface area contributed by atoms with Gasteiger partial charge in [-0.2, -0.15) is 13.2 Å². The van der Waals surface area contributed by atoms with E-state index in [-0.39, 0.29) is 23.9 Å². The Morgan fingerprint density at radius 2 is 2.03 bits per heavy atom. The maximum Gasteiger partial charge on any atom is 0.454 e. The minimum absolute atomic E-state index is 0.0630. The molecule has 2 heterocycles. The van der Waals surface area contributed by atoms with Gasteiger partial charge in [-0.1, -0.05) is 6.08 Å². The summed E-state index contributed by atoms with van der Waals surface area (Å²) >= 11 is 0. The molecule has 3 unspecified atom stereocenters. The third kappa shape index (κ3) is 6.56. The first-order valence-corrected chi connectivity index (χ1v) is 10.4. The normalized spacial score (nSPS) is 26.6. The molecule has 33 heavy (non-hydrogen) atoms. The molecule has 11 heteroatoms. The number of aliphatic imine (C=N–C) groups is 1. The first kappa shape index (κ1) is 24.7. The lowest BCUT2D eigenvalue weighted by atomic mass is 9.94. The third-order valence-electron chi connectivity index (χ3n) is 5.41. The maximum absolute atomic E-state index is 10.1. The molecule has 0 spiro atoms. The first-order valence-electron chi connectivity index (χ1n) is 10.4. The molecule has 0 radical (unpaired) electrons. The number of ether oxygens (including phenoxy) is 3. The van der Waals surface area contributed by atoms with E-state index < -0.39 is 6.30 Å². The number of hydrogen-bond donors (Lipinski definition) is 3. The van der Waals surface area contributed by atoms with Crippen molar-refractivity contribution in [2.24, 2.45) is 16.5 Å². The van der Waals surface area contributed by atoms with E-state index >= 15 is 0 Å². The first-order chi connectivity index (χ1) is 15.6. The average molecular weight is 467 g/mol. The maximum atomic E-state index is 10.1. The van der Waals surface area contributed by atoms with Crippen LogP contribution in [0.1, 0.15) is 18.5 Å². The molecule has 0 amide bonds. The number of fused-ring (bicyclic) bond motifs is 1. The minimum Gasteiger partial charge on any atom is -0.497 e. The number of allylic oxidation sites excluding steroid dienone is 4. The van der Waals surface area contributed by atoms with Crippen LogP contribution in [0.15, 0.2) is 47.1 Å². The lowest BCUT2D eigenvalue weighted by Crippen LogP contribution is -2.52. The van der Waals surface area contributed by atoms with Crippen molar-refractivity contribution in [1.29, 1.82) is 5.41 Å². The van der Waals surface area contributed by atoms with E-state index in [1.54, 1.807) is 13.2 Å². The van der Waals surface area contributed by atoms with E-state index in [1.807, 2.05) is 30.4 Å². The fraction of sp³-hybridized carbons (Fsp3) is 0.455. The van der Waals surface area contributed by atoms with Gasteiger partial charge >= 0.3 is 6.30 Å². The predicted octanol–water partition coefficient (Wildman–Crippen LogP) is 2.56. The molecule has 5 N–H and O–H groups in total. The summed E-state index contributed by atoms with van der Waals surface area (Å²) in [6, 6.07) is 5.74. The Labute approximate surface area is 190 Å². The van der Waals surface area contributed by atoms with Crippen LogP contribution in [-0.4, -0.2) is 68.2 Å². The molecule has 0 saturated carbocycles. The molecular weight excluding hydrogens is 439 g/mol. The van der Waals surface area contributed by atoms with Crippen LogP contribution in [-0.2, 0) is 4.74 Å². The number of hydrogen-bond acceptors (Lipinski definition) is 8. The van der Waals surface area contributed by atoms with Gasteiger partial charge in [-0.3, -0.25) is 15.3 Å². The highest BCUT2D eigenvalue weighted by Gasteiger charge is 2.37. The molecule has 3 aliphatic rings. The molecule has 180 valence electrons. The van der Waals surface area contributed by atoms with Crippen molar-refractivity contribution < 1.29 is 27.4 Å². The number of nitrogens with zero attached hydrogens (tertiary/aromatic N) is 2. The monoisotopic (exact) mass is 467 g/mol. The Morgan fingerprint density at radius 1 is 1.30 bits per heavy atom. The van der Waals surface area contributed by atoms with Gasteiger partial charge in [-0.25, -0.2) is 5.73 Å². The van der Waals surface area contributed by atoms with Crippen LogP contribution in [0.3, 0.4) is 0 Å². The fourth-order valence-electron chi connectivity index (χ4n) is 3.91. The van der Waals surface area contributed by atoms with E-state index in [0.717, 1.165) is 30.2 Å². The molecular formula is C22H28F3N5O3. The number of halogens is 3. The lowest BCUT2D eigenvalue weighted by Gasteiger charge is -2.42. The van der Waals surface area contributed by atoms with Crippen molar-refractivity contribution in [3.05, 3.63) is 47.7 Å². The van der Waals surface area contributed by atoms with Crippen LogP contribution in [0.5, 0.6) is 11.5 Å². The smallest absolute Gasteiger partial charge is 0.454 e. The topological polar surface area (TPSA) is 119 Å². The van der Waals surface area contributed by atoms with Gasteiger partial charge in [0.15, 0.2) is 0 Å². The quantitative estimate of drug-likeness (QED) is 0.464. The highest BCUT2D eigenvalue weighted by atomic mass is 19.4. The van der Waals surface area contributed by atoms with Gasteiger partial charge in [-0.05, 0) is 31.2 Å². The second-order valence-electron chi connectivity index (χ2n) is 7.82. The number of alkyl halides is 3. The summed E-state index contributed by atoms with van der Waals surface area (Å²) in [7, 11) is 1.64. The van der Waals surface area contributed by atoms with E-state index in [1.165, 1.54) is 0 Å². The molecule has 8 nitrogen and oxygen atoms in total. The molecule has 2 aliphatic heterocycles. The van der Waals surface area contributed by atoms with Crippen LogP contribution in [0, 0.1) is 5.41 Å². The van der Waals surface area contributed by atoms with Crippen molar-refractivity contribution in [3.8, 4) is 11.5 Å². The number of nitrogens with two attached hydrogens (primary N) is 2. The molecule has 0 bridgehead atoms. The fourth-order valence-corrected chi connectivity index (χ4v) is 3.91. The second-order valence-corrected chi connectivity index (χ2v) is 7.82. The molecule has 1 aromatic carbocycles. The number of morpholine rings is 1. The van der Waals surface area contributed by atoms with Crippen molar-refractivity contribution in [2.45, 2.75) is 31.4 Å². The summed E-state index contributed by atoms with van der Waals surface area (Å²) in [6.45, 7) is 4.97. The highest BCUT2D eigenvalue weighted by Crippen LogP contribution is 2.39. The van der Waals surface area contributed by atoms with E-state index in [0.29, 0.717) is 24.6 Å². The van der Waals surface area contributed by atoms with E-state index in [4.69, 9.17) is 30.3 Å². The molecule has 0 aromatic heterocycles. The summed E-state index contributed by atoms with van der Waals surface area (Å²) in [6.07, 6.45) is 1.08. The largest absolute Gasteiger partial charge is 0.497 e. The molecule has 1 aromatic rings. The number of benzene rings is 1. The zero-order chi connectivity index (χ0) is 24.2. The summed E-state index contributed by atoms with van der Waals surface area (Å²) < 4.78 is 47.5. The van der Waals surface area contributed by atoms with Gasteiger partial charge in [-0.15, -0.1) is 0 Å². The van der Waals surface area contributed by atoms with E-state index in [2.05, 4.69) is 17.6 Å². The van der Waals surface area contributed by atoms with Gasteiger partial charge in [0.2, 0.25) is 0 Å². The standard InChI is InChI=1S/C21H26N4O3.CH2F3N/c1-13-11-25(8-9-27-13)18-12-28-19-10-14(26-2)6-7-15(19)21(18)24-17-5-3-4-16(22)20(17)23;2-1(3,4)5/h3-7,10,13,18,21,23H,8-9,11-12,22H2,1-2H3;5H2. The summed E-state index contributed by atoms with van der Waals surface area (Å²) in [5, 5.41) is 8.30. The molecule has 1 fully saturated rings. The molecule has 4 rings (SSSR count). The van der Waals surface area contributed by atoms with Gasteiger partial charge in [0.1, 0.15) is 23.8 Å². The van der Waals surface area contributed by atoms with Crippen LogP contribution >= 0.6 is 0 Å². The average Bonchev–Trinajstić information content (AvgIpc) is 2.75. The van der Waals surface area contributed by atoms with Gasteiger partial charge < -0.3 is 19.9 Å². The van der Waals surface area contributed by atoms with Crippen molar-refractivity contribution in [2.75, 3.05) is 33.4 Å². The Bertz CT molecular complexity index is 955. The van der Waals surface area contributed by atoms with E-state index in [9.17, 15) is 13.2 Å². The zero-order valence-electron chi connectivity index (χ0n) is 18.4. The molecule has 1 saturated heterocycles. The third-order valence-corrected chi connectivity index (χ3v) is 5.41. The zero-order valence-corrected chi connectivity index (χ0v) is 18.4. The molecule has 3 atom stereocenters. The van der Waals surface area contributed by atoms with Crippen LogP contribution in [0.2, 0.25) is 0 Å². The van der Waals surface area contributed by atoms with Crippen molar-refractivity contribution >= 4 is 11.4 Å². The van der Waals surface area contributed by atoms with Crippen molar-refractivity contribution in [3.63, 3.8) is 0 Å². The second kappa shape index (κ2) is 10.4. The lowest BCUT2D eigenvalue weighted by molar-refractivity contribution is -0.122. The Balaban J connectivity index is 0.000000555. The Morgan fingerprint density at radius 3 is 2.70 bits per heavy atom. The highest BCUT2D eigenvalue weighted by molar-refractivity contribution is 6.51. The van der Waals surface area contributed by atoms with Crippen LogP contribution in [0.4, 0.5) is 13.2 Å².